The number of hydrogen-bond donors (Lipinski definition) is 1. The molecule has 0 bridgehead atoms. The highest BCUT2D eigenvalue weighted by Gasteiger charge is 2.32. The lowest BCUT2D eigenvalue weighted by Gasteiger charge is -2.37. The molecule has 3 atom stereocenters. The van der Waals surface area contributed by atoms with Gasteiger partial charge in [0.05, 0.1) is 12.2 Å². The Hall–Kier alpha value is -2.19. The van der Waals surface area contributed by atoms with Gasteiger partial charge in [-0.05, 0) is 99.8 Å². The molecular formula is C29H33Cl2FN2O4. The van der Waals surface area contributed by atoms with Gasteiger partial charge >= 0.3 is 11.9 Å². The first kappa shape index (κ1) is 27.4. The van der Waals surface area contributed by atoms with E-state index in [0.29, 0.717) is 35.4 Å². The van der Waals surface area contributed by atoms with Gasteiger partial charge in [0.15, 0.2) is 0 Å². The second kappa shape index (κ2) is 11.9. The Labute approximate surface area is 232 Å². The zero-order valence-corrected chi connectivity index (χ0v) is 23.0. The lowest BCUT2D eigenvalue weighted by Crippen LogP contribution is -2.39. The van der Waals surface area contributed by atoms with Crippen molar-refractivity contribution in [1.29, 1.82) is 0 Å². The minimum absolute atomic E-state index is 0.154. The van der Waals surface area contributed by atoms with Crippen LogP contribution in [0.5, 0.6) is 5.75 Å². The number of hydrogen-bond acceptors (Lipinski definition) is 6. The molecule has 6 nitrogen and oxygen atoms in total. The fraction of sp³-hybridized carbons (Fsp3) is 0.517. The average molecular weight is 563 g/mol. The average Bonchev–Trinajstić information content (AvgIpc) is 3.58. The van der Waals surface area contributed by atoms with Gasteiger partial charge in [-0.25, -0.2) is 14.0 Å². The second-order valence-corrected chi connectivity index (χ2v) is 11.6. The molecule has 2 aromatic carbocycles. The Morgan fingerprint density at radius 1 is 1.08 bits per heavy atom. The number of nitrogens with zero attached hydrogens (tertiary/aromatic N) is 1. The molecule has 3 fully saturated rings. The third-order valence-electron chi connectivity index (χ3n) is 7.81. The molecule has 9 heteroatoms. The van der Waals surface area contributed by atoms with Gasteiger partial charge in [0.1, 0.15) is 17.6 Å². The molecule has 1 N–H and O–H groups in total. The number of rotatable bonds is 8. The van der Waals surface area contributed by atoms with E-state index in [-0.39, 0.29) is 23.4 Å². The number of likely N-dealkylation sites (tertiary alicyclic amines) is 1. The zero-order valence-electron chi connectivity index (χ0n) is 21.5. The van der Waals surface area contributed by atoms with Crippen LogP contribution in [0.2, 0.25) is 10.0 Å². The van der Waals surface area contributed by atoms with Gasteiger partial charge in [-0.2, -0.15) is 0 Å². The van der Waals surface area contributed by atoms with Gasteiger partial charge in [0.2, 0.25) is 0 Å². The quantitative estimate of drug-likeness (QED) is 0.301. The maximum atomic E-state index is 15.0. The van der Waals surface area contributed by atoms with E-state index in [1.165, 1.54) is 12.1 Å². The summed E-state index contributed by atoms with van der Waals surface area (Å²) in [6.07, 6.45) is 5.41. The molecule has 0 amide bonds. The Morgan fingerprint density at radius 3 is 2.53 bits per heavy atom. The molecule has 2 aliphatic heterocycles. The third-order valence-corrected chi connectivity index (χ3v) is 8.25. The summed E-state index contributed by atoms with van der Waals surface area (Å²) in [6.45, 7) is 5.11. The number of halogens is 3. The first-order valence-electron chi connectivity index (χ1n) is 13.4. The summed E-state index contributed by atoms with van der Waals surface area (Å²) in [5.41, 5.74) is 1.66. The minimum Gasteiger partial charge on any atom is -0.493 e. The Bertz CT molecular complexity index is 1180. The van der Waals surface area contributed by atoms with E-state index in [0.717, 1.165) is 56.3 Å². The number of esters is 2. The van der Waals surface area contributed by atoms with Crippen molar-refractivity contribution < 1.29 is 23.5 Å². The predicted molar refractivity (Wildman–Crippen MR) is 144 cm³/mol. The van der Waals surface area contributed by atoms with E-state index in [1.807, 2.05) is 12.1 Å². The van der Waals surface area contributed by atoms with Crippen LogP contribution >= 0.6 is 23.2 Å². The van der Waals surface area contributed by atoms with E-state index < -0.39 is 23.8 Å². The molecule has 0 aromatic heterocycles. The second-order valence-electron chi connectivity index (χ2n) is 10.7. The van der Waals surface area contributed by atoms with Crippen molar-refractivity contribution in [2.24, 2.45) is 5.92 Å². The number of ether oxygens (including phenoxy) is 2. The predicted octanol–water partition coefficient (Wildman–Crippen LogP) is 6.30. The van der Waals surface area contributed by atoms with Gasteiger partial charge < -0.3 is 14.8 Å². The number of carbonyl (C=O) groups excluding carboxylic acids is 2. The van der Waals surface area contributed by atoms with Crippen LogP contribution in [0.4, 0.5) is 4.39 Å². The van der Waals surface area contributed by atoms with Crippen LogP contribution in [0.3, 0.4) is 0 Å². The van der Waals surface area contributed by atoms with Gasteiger partial charge in [0, 0.05) is 34.6 Å². The van der Waals surface area contributed by atoms with Crippen molar-refractivity contribution in [3.63, 3.8) is 0 Å². The molecule has 5 rings (SSSR count). The Morgan fingerprint density at radius 2 is 1.84 bits per heavy atom. The normalized spacial score (nSPS) is 22.7. The highest BCUT2D eigenvalue weighted by atomic mass is 35.5. The van der Waals surface area contributed by atoms with Gasteiger partial charge in [-0.1, -0.05) is 23.2 Å². The fourth-order valence-corrected chi connectivity index (χ4v) is 6.03. The van der Waals surface area contributed by atoms with Crippen LogP contribution in [0.25, 0.3) is 0 Å². The smallest absolute Gasteiger partial charge is 0.348 e. The fourth-order valence-electron chi connectivity index (χ4n) is 5.49. The van der Waals surface area contributed by atoms with E-state index in [2.05, 4.69) is 17.1 Å². The summed E-state index contributed by atoms with van der Waals surface area (Å²) >= 11 is 12.4. The first-order chi connectivity index (χ1) is 18.3. The number of carbonyl (C=O) groups is 2. The van der Waals surface area contributed by atoms with Crippen molar-refractivity contribution in [1.82, 2.24) is 10.2 Å². The van der Waals surface area contributed by atoms with Crippen molar-refractivity contribution >= 4 is 35.1 Å². The number of piperidine rings is 1. The molecule has 0 radical (unpaired) electrons. The van der Waals surface area contributed by atoms with Crippen LogP contribution in [0.15, 0.2) is 30.3 Å². The molecule has 3 aliphatic rings. The molecule has 1 aliphatic carbocycles. The van der Waals surface area contributed by atoms with Crippen molar-refractivity contribution in [3.05, 3.63) is 62.9 Å². The van der Waals surface area contributed by atoms with Crippen molar-refractivity contribution in [3.8, 4) is 5.75 Å². The third kappa shape index (κ3) is 6.50. The molecule has 0 spiro atoms. The van der Waals surface area contributed by atoms with Gasteiger partial charge in [0.25, 0.3) is 0 Å². The molecule has 2 saturated heterocycles. The molecular weight excluding hydrogens is 530 g/mol. The molecule has 204 valence electrons. The highest BCUT2D eigenvalue weighted by molar-refractivity contribution is 6.34. The summed E-state index contributed by atoms with van der Waals surface area (Å²) in [7, 11) is 0. The number of nitrogens with one attached hydrogen (secondary N) is 1. The van der Waals surface area contributed by atoms with Gasteiger partial charge in [-0.15, -0.1) is 0 Å². The standard InChI is InChI=1S/C29H33Cl2FN2O4/c1-17(20-10-21(30)12-22(31)11-20)34-9-3-4-18(15-34)16-37-27-14-25(32)24(13-23(27)19-6-7-19)28(35)38-29(36)26-5-2-8-33-26/h10-14,17-19,26,33H,2-9,15-16H2,1H3/t17-,18?,26+/m1/s1. The zero-order chi connectivity index (χ0) is 26.8. The summed E-state index contributed by atoms with van der Waals surface area (Å²) in [6, 6.07) is 8.07. The molecule has 1 saturated carbocycles. The van der Waals surface area contributed by atoms with Crippen LogP contribution in [-0.2, 0) is 9.53 Å². The number of benzene rings is 2. The van der Waals surface area contributed by atoms with Crippen LogP contribution in [0, 0.1) is 11.7 Å². The van der Waals surface area contributed by atoms with Crippen LogP contribution in [0.1, 0.15) is 78.9 Å². The molecule has 1 unspecified atom stereocenters. The molecule has 38 heavy (non-hydrogen) atoms. The van der Waals surface area contributed by atoms with Crippen molar-refractivity contribution in [2.75, 3.05) is 26.2 Å². The monoisotopic (exact) mass is 562 g/mol. The Kier molecular flexibility index (Phi) is 8.58. The summed E-state index contributed by atoms with van der Waals surface area (Å²) < 4.78 is 26.2. The molecule has 2 heterocycles. The maximum Gasteiger partial charge on any atom is 0.348 e. The SMILES string of the molecule is C[C@H](c1cc(Cl)cc(Cl)c1)N1CCCC(COc2cc(F)c(C(=O)OC(=O)[C@@H]3CCCN3)cc2C2CC2)C1. The Balaban J connectivity index is 1.24. The van der Waals surface area contributed by atoms with Crippen LogP contribution < -0.4 is 10.1 Å². The van der Waals surface area contributed by atoms with Crippen molar-refractivity contribution in [2.45, 2.75) is 63.5 Å². The lowest BCUT2D eigenvalue weighted by molar-refractivity contribution is -0.139. The largest absolute Gasteiger partial charge is 0.493 e. The maximum absolute atomic E-state index is 15.0. The van der Waals surface area contributed by atoms with Crippen LogP contribution in [-0.4, -0.2) is 49.1 Å². The lowest BCUT2D eigenvalue weighted by atomic mass is 9.95. The summed E-state index contributed by atoms with van der Waals surface area (Å²) in [5, 5.41) is 4.24. The van der Waals surface area contributed by atoms with Gasteiger partial charge in [-0.3, -0.25) is 4.90 Å². The topological polar surface area (TPSA) is 67.9 Å². The minimum atomic E-state index is -0.951. The van der Waals surface area contributed by atoms with E-state index >= 15 is 4.39 Å². The van der Waals surface area contributed by atoms with E-state index in [9.17, 15) is 9.59 Å². The summed E-state index contributed by atoms with van der Waals surface area (Å²) in [5.74, 6) is -1.38. The van der Waals surface area contributed by atoms with E-state index in [4.69, 9.17) is 32.7 Å². The molecule has 2 aromatic rings. The first-order valence-corrected chi connectivity index (χ1v) is 14.2. The summed E-state index contributed by atoms with van der Waals surface area (Å²) in [4.78, 5) is 27.3. The highest BCUT2D eigenvalue weighted by Crippen LogP contribution is 2.45. The van der Waals surface area contributed by atoms with E-state index in [1.54, 1.807) is 6.07 Å².